The summed E-state index contributed by atoms with van der Waals surface area (Å²) >= 11 is 1.17. The van der Waals surface area contributed by atoms with Crippen LogP contribution in [-0.2, 0) is 0 Å². The van der Waals surface area contributed by atoms with E-state index in [0.29, 0.717) is 0 Å². The van der Waals surface area contributed by atoms with Gasteiger partial charge in [-0.05, 0) is 11.9 Å². The van der Waals surface area contributed by atoms with Crippen molar-refractivity contribution in [2.45, 2.75) is 0 Å². The first kappa shape index (κ1) is 6.62. The number of carboxylic acid groups (broad SMARTS) is 1. The SMILES string of the molecule is CSN(C)C(=O)O. The van der Waals surface area contributed by atoms with E-state index in [9.17, 15) is 4.79 Å². The Morgan fingerprint density at radius 1 is 1.86 bits per heavy atom. The quantitative estimate of drug-likeness (QED) is 0.523. The van der Waals surface area contributed by atoms with Crippen LogP contribution in [0.3, 0.4) is 0 Å². The molecule has 0 unspecified atom stereocenters. The molecule has 1 N–H and O–H groups in total. The first-order valence-electron chi connectivity index (χ1n) is 1.69. The van der Waals surface area contributed by atoms with Crippen LogP contribution in [0.15, 0.2) is 0 Å². The minimum absolute atomic E-state index is 0.910. The van der Waals surface area contributed by atoms with Gasteiger partial charge in [-0.25, -0.2) is 4.79 Å². The van der Waals surface area contributed by atoms with E-state index in [0.717, 1.165) is 4.31 Å². The standard InChI is InChI=1S/C3H7NO2S/c1-4(7-2)3(5)6/h1-2H3,(H,5,6). The van der Waals surface area contributed by atoms with Crippen molar-refractivity contribution in [2.75, 3.05) is 13.3 Å². The Labute approximate surface area is 46.4 Å². The zero-order valence-corrected chi connectivity index (χ0v) is 5.03. The Kier molecular flexibility index (Phi) is 2.59. The number of nitrogens with zero attached hydrogens (tertiary/aromatic N) is 1. The van der Waals surface area contributed by atoms with Gasteiger partial charge < -0.3 is 5.11 Å². The van der Waals surface area contributed by atoms with Gasteiger partial charge in [0, 0.05) is 13.3 Å². The lowest BCUT2D eigenvalue weighted by Gasteiger charge is -2.04. The molecule has 0 atom stereocenters. The average molecular weight is 121 g/mol. The van der Waals surface area contributed by atoms with E-state index in [2.05, 4.69) is 0 Å². The van der Waals surface area contributed by atoms with Crippen LogP contribution >= 0.6 is 11.9 Å². The molecule has 0 aromatic carbocycles. The van der Waals surface area contributed by atoms with Crippen LogP contribution in [0.25, 0.3) is 0 Å². The summed E-state index contributed by atoms with van der Waals surface area (Å²) in [5, 5.41) is 8.09. The van der Waals surface area contributed by atoms with Crippen molar-refractivity contribution in [1.29, 1.82) is 0 Å². The molecule has 0 aliphatic rings. The lowest BCUT2D eigenvalue weighted by atomic mass is 11.1. The Hall–Kier alpha value is -0.380. The summed E-state index contributed by atoms with van der Waals surface area (Å²) in [6.07, 6.45) is 0.793. The van der Waals surface area contributed by atoms with Crippen LogP contribution in [0.5, 0.6) is 0 Å². The molecular formula is C3H7NO2S. The second kappa shape index (κ2) is 2.74. The van der Waals surface area contributed by atoms with Gasteiger partial charge in [-0.15, -0.1) is 0 Å². The normalized spacial score (nSPS) is 8.29. The predicted octanol–water partition coefficient (Wildman–Crippen LogP) is 0.874. The fraction of sp³-hybridized carbons (Fsp3) is 0.667. The Morgan fingerprint density at radius 2 is 2.29 bits per heavy atom. The van der Waals surface area contributed by atoms with Gasteiger partial charge in [0.1, 0.15) is 0 Å². The van der Waals surface area contributed by atoms with Crippen molar-refractivity contribution in [1.82, 2.24) is 4.31 Å². The molecule has 0 rings (SSSR count). The molecule has 3 nitrogen and oxygen atoms in total. The van der Waals surface area contributed by atoms with Gasteiger partial charge in [0.25, 0.3) is 0 Å². The molecule has 0 aliphatic carbocycles. The molecule has 42 valence electrons. The lowest BCUT2D eigenvalue weighted by Crippen LogP contribution is -2.15. The fourth-order valence-corrected chi connectivity index (χ4v) is 0.234. The number of amides is 1. The summed E-state index contributed by atoms with van der Waals surface area (Å²) in [7, 11) is 1.49. The maximum atomic E-state index is 9.84. The highest BCUT2D eigenvalue weighted by molar-refractivity contribution is 7.96. The van der Waals surface area contributed by atoms with Crippen LogP contribution in [-0.4, -0.2) is 28.8 Å². The molecule has 0 aromatic heterocycles. The van der Waals surface area contributed by atoms with E-state index in [-0.39, 0.29) is 0 Å². The largest absolute Gasteiger partial charge is 0.464 e. The summed E-state index contributed by atoms with van der Waals surface area (Å²) in [5.74, 6) is 0. The van der Waals surface area contributed by atoms with E-state index in [4.69, 9.17) is 5.11 Å². The highest BCUT2D eigenvalue weighted by Crippen LogP contribution is 1.98. The van der Waals surface area contributed by atoms with Crippen molar-refractivity contribution in [2.24, 2.45) is 0 Å². The zero-order valence-electron chi connectivity index (χ0n) is 4.21. The predicted molar refractivity (Wildman–Crippen MR) is 29.3 cm³/mol. The smallest absolute Gasteiger partial charge is 0.417 e. The maximum absolute atomic E-state index is 9.84. The number of hydrogen-bond donors (Lipinski definition) is 1. The molecule has 0 saturated carbocycles. The van der Waals surface area contributed by atoms with Crippen molar-refractivity contribution >= 4 is 18.0 Å². The fourth-order valence-electron chi connectivity index (χ4n) is 0.0781. The third-order valence-electron chi connectivity index (χ3n) is 0.543. The van der Waals surface area contributed by atoms with Crippen molar-refractivity contribution in [3.05, 3.63) is 0 Å². The van der Waals surface area contributed by atoms with Gasteiger partial charge >= 0.3 is 6.09 Å². The molecule has 0 bridgehead atoms. The van der Waals surface area contributed by atoms with Crippen molar-refractivity contribution in [3.63, 3.8) is 0 Å². The monoisotopic (exact) mass is 121 g/mol. The summed E-state index contributed by atoms with van der Waals surface area (Å²) in [4.78, 5) is 9.84. The van der Waals surface area contributed by atoms with Crippen LogP contribution in [0.1, 0.15) is 0 Å². The molecule has 0 aliphatic heterocycles. The summed E-state index contributed by atoms with van der Waals surface area (Å²) < 4.78 is 1.12. The molecule has 0 aromatic rings. The summed E-state index contributed by atoms with van der Waals surface area (Å²) in [6.45, 7) is 0. The highest BCUT2D eigenvalue weighted by atomic mass is 32.2. The number of hydrogen-bond acceptors (Lipinski definition) is 2. The van der Waals surface area contributed by atoms with Gasteiger partial charge in [-0.1, -0.05) is 0 Å². The number of carbonyl (C=O) groups is 1. The average Bonchev–Trinajstić information content (AvgIpc) is 1.65. The Bertz CT molecular complexity index is 75.3. The molecular weight excluding hydrogens is 114 g/mol. The summed E-state index contributed by atoms with van der Waals surface area (Å²) in [6, 6.07) is 0. The first-order valence-corrected chi connectivity index (χ1v) is 2.87. The van der Waals surface area contributed by atoms with Crippen LogP contribution in [0.4, 0.5) is 4.79 Å². The topological polar surface area (TPSA) is 40.5 Å². The second-order valence-corrected chi connectivity index (χ2v) is 1.88. The van der Waals surface area contributed by atoms with E-state index < -0.39 is 6.09 Å². The Balaban J connectivity index is 3.34. The van der Waals surface area contributed by atoms with Gasteiger partial charge in [-0.2, -0.15) is 0 Å². The zero-order chi connectivity index (χ0) is 5.86. The second-order valence-electron chi connectivity index (χ2n) is 0.963. The summed E-state index contributed by atoms with van der Waals surface area (Å²) in [5.41, 5.74) is 0. The Morgan fingerprint density at radius 3 is 2.29 bits per heavy atom. The van der Waals surface area contributed by atoms with Gasteiger partial charge in [0.2, 0.25) is 0 Å². The minimum atomic E-state index is -0.910. The molecule has 1 amide bonds. The molecule has 4 heteroatoms. The van der Waals surface area contributed by atoms with Gasteiger partial charge in [0.05, 0.1) is 0 Å². The van der Waals surface area contributed by atoms with Crippen LogP contribution in [0, 0.1) is 0 Å². The molecule has 0 saturated heterocycles. The first-order chi connectivity index (χ1) is 3.18. The minimum Gasteiger partial charge on any atom is -0.464 e. The van der Waals surface area contributed by atoms with Crippen LogP contribution < -0.4 is 0 Å². The maximum Gasteiger partial charge on any atom is 0.417 e. The molecule has 0 radical (unpaired) electrons. The molecule has 0 spiro atoms. The highest BCUT2D eigenvalue weighted by Gasteiger charge is 1.99. The lowest BCUT2D eigenvalue weighted by molar-refractivity contribution is 0.181. The van der Waals surface area contributed by atoms with E-state index in [1.165, 1.54) is 19.0 Å². The molecule has 7 heavy (non-hydrogen) atoms. The molecule has 0 fully saturated rings. The van der Waals surface area contributed by atoms with Crippen molar-refractivity contribution in [3.8, 4) is 0 Å². The van der Waals surface area contributed by atoms with Crippen LogP contribution in [0.2, 0.25) is 0 Å². The third-order valence-corrected chi connectivity index (χ3v) is 1.25. The number of rotatable bonds is 1. The van der Waals surface area contributed by atoms with E-state index >= 15 is 0 Å². The van der Waals surface area contributed by atoms with Gasteiger partial charge in [-0.3, -0.25) is 4.31 Å². The molecule has 0 heterocycles. The van der Waals surface area contributed by atoms with E-state index in [1.54, 1.807) is 6.26 Å². The van der Waals surface area contributed by atoms with Crippen molar-refractivity contribution < 1.29 is 9.90 Å². The van der Waals surface area contributed by atoms with Gasteiger partial charge in [0.15, 0.2) is 0 Å². The third kappa shape index (κ3) is 2.33. The van der Waals surface area contributed by atoms with E-state index in [1.807, 2.05) is 0 Å².